The number of hydrogen-bond acceptors (Lipinski definition) is 9. The third kappa shape index (κ3) is 10.3. The second-order valence-corrected chi connectivity index (χ2v) is 22.1. The third-order valence-corrected chi connectivity index (χ3v) is 16.8. The van der Waals surface area contributed by atoms with Gasteiger partial charge in [0.15, 0.2) is 11.6 Å². The number of fused-ring (bicyclic) bond motifs is 2. The molecule has 0 spiro atoms. The van der Waals surface area contributed by atoms with Crippen LogP contribution in [0.2, 0.25) is 0 Å². The number of methoxy groups -OCH3 is 1. The monoisotopic (exact) mass is 863 g/mol. The maximum Gasteiger partial charge on any atom is 0.166 e. The lowest BCUT2D eigenvalue weighted by molar-refractivity contribution is -0.0911. The van der Waals surface area contributed by atoms with E-state index in [9.17, 15) is 19.8 Å². The van der Waals surface area contributed by atoms with Crippen LogP contribution >= 0.6 is 0 Å². The highest BCUT2D eigenvalue weighted by Crippen LogP contribution is 2.63. The molecule has 63 heavy (non-hydrogen) atoms. The molecule has 4 saturated carbocycles. The second kappa shape index (κ2) is 19.2. The first-order chi connectivity index (χ1) is 29.6. The lowest BCUT2D eigenvalue weighted by Crippen LogP contribution is -2.60. The maximum atomic E-state index is 14.0. The normalized spacial score (nSPS) is 33.6. The summed E-state index contributed by atoms with van der Waals surface area (Å²) in [6.07, 6.45) is 18.3. The van der Waals surface area contributed by atoms with Crippen LogP contribution in [0.15, 0.2) is 70.1 Å². The second-order valence-electron chi connectivity index (χ2n) is 22.1. The number of nitrogens with zero attached hydrogens (tertiary/aromatic N) is 2. The van der Waals surface area contributed by atoms with Crippen molar-refractivity contribution in [1.82, 2.24) is 5.32 Å². The summed E-state index contributed by atoms with van der Waals surface area (Å²) in [5, 5.41) is 23.9. The molecular formula is C54H78N4O5. The van der Waals surface area contributed by atoms with Crippen molar-refractivity contribution < 1.29 is 24.5 Å². The summed E-state index contributed by atoms with van der Waals surface area (Å²) in [5.41, 5.74) is 11.4. The summed E-state index contributed by atoms with van der Waals surface area (Å²) in [5.74, 6) is 2.86. The molecule has 2 aromatic carbocycles. The van der Waals surface area contributed by atoms with Gasteiger partial charge in [-0.2, -0.15) is 0 Å². The van der Waals surface area contributed by atoms with Crippen LogP contribution in [0.3, 0.4) is 0 Å². The van der Waals surface area contributed by atoms with Crippen LogP contribution in [0.4, 0.5) is 0 Å². The Bertz CT molecular complexity index is 2080. The zero-order valence-electron chi connectivity index (χ0n) is 40.3. The quantitative estimate of drug-likeness (QED) is 0.193. The molecule has 0 aromatic heterocycles. The minimum atomic E-state index is -0.0815. The number of nitrogens with one attached hydrogen (secondary N) is 1. The van der Waals surface area contributed by atoms with Crippen molar-refractivity contribution in [2.75, 3.05) is 13.7 Å². The largest absolute Gasteiger partial charge is 0.508 e. The molecule has 4 fully saturated rings. The van der Waals surface area contributed by atoms with Crippen molar-refractivity contribution >= 4 is 24.0 Å². The number of phenols is 2. The van der Waals surface area contributed by atoms with Crippen LogP contribution in [-0.4, -0.2) is 59.9 Å². The van der Waals surface area contributed by atoms with E-state index in [0.29, 0.717) is 29.0 Å². The standard InChI is InChI=1S/C27H38N2O2.C22H33NO2.C5H7NO/c1-17-11-20(13-21(30)12-17)25(31)24-18(2)22(29-16-19-7-10-28-15-19)14-23-26(3,4)8-6-9-27(23,24)5;1-13-9-15(11-16(24)10-13)20(25)19-14(2)17(23)12-18-21(3,4)7-6-8-22(18,19)5;1-7-5-2-3-6-4-5/h10-13,15,18,22-24,29-30H,6-9,14,16H2,1-5H3;9-11,14,17-19,24H,6-8,12,23H2,1-5H3;3-4H,2H2,1H3/t18-,22-,23+,24-,27+;14-,17-,18+,19-,22+;/m11./s1. The number of Topliss-reactive ketones (excluding diaryl/α,β-unsaturated/α-hetero) is 2. The Balaban J connectivity index is 0.000000184. The highest BCUT2D eigenvalue weighted by atomic mass is 16.5. The van der Waals surface area contributed by atoms with Crippen LogP contribution in [0.5, 0.6) is 11.5 Å². The number of phenolic OH excluding ortho intramolecular Hbond substituents is 2. The summed E-state index contributed by atoms with van der Waals surface area (Å²) < 4.78 is 4.85. The van der Waals surface area contributed by atoms with E-state index in [0.717, 1.165) is 62.0 Å². The number of aliphatic imine (C=N–C) groups is 2. The molecule has 6 aliphatic rings. The predicted molar refractivity (Wildman–Crippen MR) is 257 cm³/mol. The topological polar surface area (TPSA) is 147 Å². The molecule has 9 heteroatoms. The van der Waals surface area contributed by atoms with Crippen molar-refractivity contribution in [3.05, 3.63) is 82.4 Å². The Labute approximate surface area is 378 Å². The Morgan fingerprint density at radius 1 is 0.714 bits per heavy atom. The molecule has 2 aliphatic heterocycles. The Hall–Kier alpha value is -4.08. The number of rotatable bonds is 8. The molecule has 5 N–H and O–H groups in total. The molecule has 0 unspecified atom stereocenters. The van der Waals surface area contributed by atoms with Gasteiger partial charge in [-0.05, 0) is 151 Å². The van der Waals surface area contributed by atoms with Crippen LogP contribution in [0.1, 0.15) is 151 Å². The molecule has 0 saturated heterocycles. The van der Waals surface area contributed by atoms with Crippen molar-refractivity contribution in [3.8, 4) is 11.5 Å². The van der Waals surface area contributed by atoms with E-state index in [1.54, 1.807) is 37.6 Å². The molecule has 2 aromatic rings. The fraction of sp³-hybridized carbons (Fsp3) is 0.630. The maximum absolute atomic E-state index is 14.0. The van der Waals surface area contributed by atoms with Gasteiger partial charge in [-0.15, -0.1) is 0 Å². The first-order valence-corrected chi connectivity index (χ1v) is 23.7. The number of carbonyl (C=O) groups excluding carboxylic acids is 2. The van der Waals surface area contributed by atoms with Crippen LogP contribution in [0.25, 0.3) is 0 Å². The number of allylic oxidation sites excluding steroid dienone is 1. The minimum Gasteiger partial charge on any atom is -0.508 e. The molecule has 10 atom stereocenters. The molecule has 8 rings (SSSR count). The summed E-state index contributed by atoms with van der Waals surface area (Å²) in [4.78, 5) is 35.7. The first kappa shape index (κ1) is 48.4. The van der Waals surface area contributed by atoms with Crippen LogP contribution in [0, 0.1) is 71.0 Å². The minimum absolute atomic E-state index is 0.0204. The average molecular weight is 863 g/mol. The van der Waals surface area contributed by atoms with Crippen molar-refractivity contribution in [1.29, 1.82) is 0 Å². The van der Waals surface area contributed by atoms with Gasteiger partial charge in [0.25, 0.3) is 0 Å². The molecule has 0 radical (unpaired) electrons. The Morgan fingerprint density at radius 3 is 1.65 bits per heavy atom. The Kier molecular flexibility index (Phi) is 14.7. The molecule has 9 nitrogen and oxygen atoms in total. The van der Waals surface area contributed by atoms with E-state index in [-0.39, 0.29) is 74.4 Å². The fourth-order valence-corrected chi connectivity index (χ4v) is 13.6. The fourth-order valence-electron chi connectivity index (χ4n) is 13.6. The van der Waals surface area contributed by atoms with Gasteiger partial charge in [-0.3, -0.25) is 19.6 Å². The number of aromatic hydroxyl groups is 2. The summed E-state index contributed by atoms with van der Waals surface area (Å²) >= 11 is 0. The number of ketones is 2. The summed E-state index contributed by atoms with van der Waals surface area (Å²) in [6, 6.07) is 10.9. The number of ether oxygens (including phenoxy) is 1. The van der Waals surface area contributed by atoms with Gasteiger partial charge in [0.05, 0.1) is 13.3 Å². The van der Waals surface area contributed by atoms with Gasteiger partial charge in [-0.25, -0.2) is 0 Å². The first-order valence-electron chi connectivity index (χ1n) is 23.7. The van der Waals surface area contributed by atoms with Crippen molar-refractivity contribution in [2.24, 2.45) is 72.9 Å². The number of benzene rings is 2. The number of carbonyl (C=O) groups is 2. The summed E-state index contributed by atoms with van der Waals surface area (Å²) in [7, 11) is 1.65. The van der Waals surface area contributed by atoms with E-state index in [2.05, 4.69) is 70.7 Å². The lowest BCUT2D eigenvalue weighted by atomic mass is 9.45. The molecule has 0 bridgehead atoms. The summed E-state index contributed by atoms with van der Waals surface area (Å²) in [6.45, 7) is 23.3. The molecule has 0 amide bonds. The van der Waals surface area contributed by atoms with Gasteiger partial charge in [0, 0.05) is 73.1 Å². The van der Waals surface area contributed by atoms with E-state index >= 15 is 0 Å². The van der Waals surface area contributed by atoms with Gasteiger partial charge >= 0.3 is 0 Å². The number of aryl methyl sites for hydroxylation is 2. The van der Waals surface area contributed by atoms with E-state index in [1.165, 1.54) is 31.3 Å². The predicted octanol–water partition coefficient (Wildman–Crippen LogP) is 11.3. The van der Waals surface area contributed by atoms with E-state index in [4.69, 9.17) is 10.5 Å². The van der Waals surface area contributed by atoms with Crippen LogP contribution in [-0.2, 0) is 4.74 Å². The number of hydrogen-bond donors (Lipinski definition) is 4. The SMILES string of the molecule is COC1=CN=CC1.Cc1cc(O)cc(C(=O)[C@H]2[C@H](C)[C@H](N)C[C@H]3C(C)(C)CCC[C@]23C)c1.Cc1cc(O)cc(C(=O)[C@H]2[C@H](C)[C@H](NCC3=CN=CC3)C[C@H]3C(C)(C)CCC[C@]23C)c1. The zero-order chi connectivity index (χ0) is 46.1. The van der Waals surface area contributed by atoms with Crippen molar-refractivity contribution in [2.45, 2.75) is 146 Å². The van der Waals surface area contributed by atoms with Gasteiger partial charge in [0.2, 0.25) is 0 Å². The van der Waals surface area contributed by atoms with Gasteiger partial charge in [0.1, 0.15) is 17.3 Å². The molecular weight excluding hydrogens is 785 g/mol. The van der Waals surface area contributed by atoms with E-state index < -0.39 is 0 Å². The molecule has 2 heterocycles. The third-order valence-electron chi connectivity index (χ3n) is 16.8. The smallest absolute Gasteiger partial charge is 0.166 e. The lowest BCUT2D eigenvalue weighted by Gasteiger charge is -2.60. The molecule has 344 valence electrons. The highest BCUT2D eigenvalue weighted by molar-refractivity contribution is 6.00. The highest BCUT2D eigenvalue weighted by Gasteiger charge is 2.59. The van der Waals surface area contributed by atoms with Gasteiger partial charge < -0.3 is 26.0 Å². The Morgan fingerprint density at radius 2 is 1.21 bits per heavy atom. The number of nitrogens with two attached hydrogens (primary N) is 1. The average Bonchev–Trinajstić information content (AvgIpc) is 3.93. The van der Waals surface area contributed by atoms with Gasteiger partial charge in [-0.1, -0.05) is 68.2 Å². The zero-order valence-corrected chi connectivity index (χ0v) is 40.3. The van der Waals surface area contributed by atoms with Crippen molar-refractivity contribution in [3.63, 3.8) is 0 Å². The molecule has 4 aliphatic carbocycles. The van der Waals surface area contributed by atoms with E-state index in [1.807, 2.05) is 44.6 Å². The van der Waals surface area contributed by atoms with Crippen LogP contribution < -0.4 is 11.1 Å².